The van der Waals surface area contributed by atoms with Gasteiger partial charge in [0.2, 0.25) is 0 Å². The zero-order valence-electron chi connectivity index (χ0n) is 14.7. The van der Waals surface area contributed by atoms with E-state index in [2.05, 4.69) is 6.92 Å². The molecule has 0 radical (unpaired) electrons. The van der Waals surface area contributed by atoms with E-state index < -0.39 is 13.6 Å². The van der Waals surface area contributed by atoms with Gasteiger partial charge >= 0.3 is 158 Å². The molecule has 0 heterocycles. The number of ether oxygens (including phenoxy) is 2. The Morgan fingerprint density at radius 3 is 1.81 bits per heavy atom. The number of hydrogen-bond acceptors (Lipinski definition) is 3. The van der Waals surface area contributed by atoms with Gasteiger partial charge in [-0.15, -0.1) is 0 Å². The minimum atomic E-state index is -1.60. The van der Waals surface area contributed by atoms with Gasteiger partial charge in [0.1, 0.15) is 0 Å². The van der Waals surface area contributed by atoms with Crippen LogP contribution in [0.3, 0.4) is 0 Å². The maximum absolute atomic E-state index is 12.7. The van der Waals surface area contributed by atoms with Gasteiger partial charge in [0, 0.05) is 0 Å². The van der Waals surface area contributed by atoms with Gasteiger partial charge in [-0.1, -0.05) is 0 Å². The van der Waals surface area contributed by atoms with E-state index in [1.54, 1.807) is 0 Å². The summed E-state index contributed by atoms with van der Waals surface area (Å²) < 4.78 is 25.6. The van der Waals surface area contributed by atoms with E-state index in [0.717, 1.165) is 32.5 Å². The Labute approximate surface area is 158 Å². The molecular formula is C22H22CoO3. The average molecular weight is 393 g/mol. The molecule has 0 atom stereocenters. The first-order valence-corrected chi connectivity index (χ1v) is 10.0. The summed E-state index contributed by atoms with van der Waals surface area (Å²) in [7, 11) is 0. The summed E-state index contributed by atoms with van der Waals surface area (Å²) in [4.78, 5) is 0. The fourth-order valence-corrected chi connectivity index (χ4v) is 3.64. The van der Waals surface area contributed by atoms with Crippen LogP contribution in [0, 0.1) is 0 Å². The van der Waals surface area contributed by atoms with E-state index >= 15 is 0 Å². The molecule has 137 valence electrons. The van der Waals surface area contributed by atoms with Crippen molar-refractivity contribution in [2.24, 2.45) is 0 Å². The van der Waals surface area contributed by atoms with E-state index in [1.807, 2.05) is 78.9 Å². The molecule has 3 nitrogen and oxygen atoms in total. The molecule has 26 heavy (non-hydrogen) atoms. The molecular weight excluding hydrogens is 371 g/mol. The first kappa shape index (κ1) is 18.4. The zero-order valence-corrected chi connectivity index (χ0v) is 15.7. The topological polar surface area (TPSA) is 35.5 Å². The van der Waals surface area contributed by atoms with Gasteiger partial charge in [-0.3, -0.25) is 0 Å². The first-order chi connectivity index (χ1) is 12.8. The Morgan fingerprint density at radius 2 is 1.27 bits per heavy atom. The number of hydrogen-bond donors (Lipinski definition) is 0. The SMILES string of the molecule is CCCOc1cc[c]([Co](=[O])[c]2ccc(OCc3ccccc3)cc2)cc1. The molecule has 0 aliphatic carbocycles. The van der Waals surface area contributed by atoms with Crippen LogP contribution in [0.15, 0.2) is 78.9 Å². The molecule has 0 spiro atoms. The van der Waals surface area contributed by atoms with Crippen molar-refractivity contribution in [1.82, 2.24) is 0 Å². The van der Waals surface area contributed by atoms with Crippen LogP contribution in [-0.2, 0) is 24.1 Å². The maximum atomic E-state index is 12.7. The molecule has 0 N–H and O–H groups in total. The van der Waals surface area contributed by atoms with E-state index in [-0.39, 0.29) is 0 Å². The molecule has 0 saturated carbocycles. The summed E-state index contributed by atoms with van der Waals surface area (Å²) in [5.74, 6) is 1.58. The molecule has 0 aliphatic rings. The second kappa shape index (κ2) is 9.32. The van der Waals surface area contributed by atoms with Crippen LogP contribution in [0.1, 0.15) is 18.9 Å². The Bertz CT molecular complexity index is 828. The third-order valence-electron chi connectivity index (χ3n) is 3.67. The summed E-state index contributed by atoms with van der Waals surface area (Å²) >= 11 is -1.60. The van der Waals surface area contributed by atoms with Crippen molar-refractivity contribution in [1.29, 1.82) is 0 Å². The molecule has 0 bridgehead atoms. The standard InChI is InChI=1S/C13H11O.C9H11O.Co.O/c1-3-7-12(8-4-1)11-14-13-9-5-2-6-10-13;1-2-8-10-9-6-4-3-5-7-9;;/h1,3-10H,11H2;4-7H,2,8H2,1H3;;. The van der Waals surface area contributed by atoms with Crippen molar-refractivity contribution < 1.29 is 26.9 Å². The molecule has 3 aromatic rings. The molecule has 0 aromatic heterocycles. The third-order valence-corrected chi connectivity index (χ3v) is 5.45. The number of rotatable bonds is 8. The Balaban J connectivity index is 1.61. The van der Waals surface area contributed by atoms with Gasteiger partial charge < -0.3 is 0 Å². The molecule has 0 fully saturated rings. The average Bonchev–Trinajstić information content (AvgIpc) is 2.72. The molecule has 0 aliphatic heterocycles. The normalized spacial score (nSPS) is 11.0. The summed E-state index contributed by atoms with van der Waals surface area (Å²) in [5.41, 5.74) is 1.12. The van der Waals surface area contributed by atoms with Crippen LogP contribution in [0.25, 0.3) is 0 Å². The van der Waals surface area contributed by atoms with Crippen LogP contribution in [-0.4, -0.2) is 6.61 Å². The van der Waals surface area contributed by atoms with Crippen molar-refractivity contribution in [2.45, 2.75) is 20.0 Å². The van der Waals surface area contributed by atoms with Crippen LogP contribution in [0.5, 0.6) is 11.5 Å². The molecule has 3 aromatic carbocycles. The summed E-state index contributed by atoms with van der Waals surface area (Å²) in [6.45, 7) is 3.28. The second-order valence-electron chi connectivity index (χ2n) is 5.70. The van der Waals surface area contributed by atoms with Gasteiger partial charge in [-0.2, -0.15) is 0 Å². The van der Waals surface area contributed by atoms with Gasteiger partial charge in [0.25, 0.3) is 0 Å². The minimum absolute atomic E-state index is 0.519. The van der Waals surface area contributed by atoms with E-state index in [9.17, 15) is 3.87 Å². The van der Waals surface area contributed by atoms with Crippen LogP contribution >= 0.6 is 0 Å². The fourth-order valence-electron chi connectivity index (χ4n) is 2.32. The number of benzene rings is 3. The van der Waals surface area contributed by atoms with E-state index in [4.69, 9.17) is 9.47 Å². The predicted octanol–water partition coefficient (Wildman–Crippen LogP) is 3.97. The van der Waals surface area contributed by atoms with Crippen LogP contribution < -0.4 is 18.5 Å². The van der Waals surface area contributed by atoms with E-state index in [0.29, 0.717) is 13.2 Å². The zero-order chi connectivity index (χ0) is 18.2. The fraction of sp³-hybridized carbons (Fsp3) is 0.182. The molecule has 0 amide bonds. The second-order valence-corrected chi connectivity index (χ2v) is 7.59. The van der Waals surface area contributed by atoms with Gasteiger partial charge in [-0.05, 0) is 0 Å². The summed E-state index contributed by atoms with van der Waals surface area (Å²) in [6, 6.07) is 24.9. The Morgan fingerprint density at radius 1 is 0.731 bits per heavy atom. The van der Waals surface area contributed by atoms with Crippen LogP contribution in [0.4, 0.5) is 0 Å². The third kappa shape index (κ3) is 5.03. The van der Waals surface area contributed by atoms with E-state index in [1.165, 1.54) is 0 Å². The van der Waals surface area contributed by atoms with Crippen LogP contribution in [0.2, 0.25) is 0 Å². The van der Waals surface area contributed by atoms with Crippen molar-refractivity contribution in [3.8, 4) is 11.5 Å². The van der Waals surface area contributed by atoms with Crippen molar-refractivity contribution in [2.75, 3.05) is 6.61 Å². The van der Waals surface area contributed by atoms with Crippen molar-refractivity contribution in [3.63, 3.8) is 0 Å². The van der Waals surface area contributed by atoms with Gasteiger partial charge in [0.15, 0.2) is 0 Å². The predicted molar refractivity (Wildman–Crippen MR) is 99.4 cm³/mol. The molecule has 4 heteroatoms. The molecule has 0 saturated heterocycles. The molecule has 3 rings (SSSR count). The first-order valence-electron chi connectivity index (χ1n) is 8.57. The quantitative estimate of drug-likeness (QED) is 0.581. The monoisotopic (exact) mass is 393 g/mol. The van der Waals surface area contributed by atoms with Gasteiger partial charge in [-0.25, -0.2) is 0 Å². The van der Waals surface area contributed by atoms with Crippen molar-refractivity contribution in [3.05, 3.63) is 84.4 Å². The summed E-state index contributed by atoms with van der Waals surface area (Å²) in [5, 5.41) is 0. The van der Waals surface area contributed by atoms with Crippen molar-refractivity contribution >= 4 is 9.00 Å². The Hall–Kier alpha value is -2.43. The van der Waals surface area contributed by atoms with Gasteiger partial charge in [0.05, 0.1) is 0 Å². The Kier molecular flexibility index (Phi) is 6.58. The molecule has 0 unspecified atom stereocenters. The summed E-state index contributed by atoms with van der Waals surface area (Å²) in [6.07, 6.45) is 0.967.